The van der Waals surface area contributed by atoms with Crippen LogP contribution in [-0.4, -0.2) is 23.0 Å². The molecule has 2 bridgehead atoms. The van der Waals surface area contributed by atoms with Crippen LogP contribution < -0.4 is 4.74 Å². The highest BCUT2D eigenvalue weighted by Crippen LogP contribution is 2.65. The fourth-order valence-electron chi connectivity index (χ4n) is 5.74. The summed E-state index contributed by atoms with van der Waals surface area (Å²) < 4.78 is 7.41. The van der Waals surface area contributed by atoms with Crippen LogP contribution in [0, 0.1) is 35.5 Å². The minimum Gasteiger partial charge on any atom is -0.486 e. The Morgan fingerprint density at radius 1 is 1.03 bits per heavy atom. The Labute approximate surface area is 213 Å². The number of hydrogen-bond donors (Lipinski definition) is 0. The van der Waals surface area contributed by atoms with Crippen molar-refractivity contribution in [1.29, 1.82) is 0 Å². The molecule has 5 aliphatic rings. The SMILES string of the molecule is O=C1[C@@H]2[C@H]3C=C[C@@H]([C@@H]4C[C@H]34)[C@H]2C(=O)N1/N=C\c1cc(Br)c(OCc2ccccc2Cl)c(Br)c1. The number of rotatable bonds is 5. The van der Waals surface area contributed by atoms with Gasteiger partial charge in [-0.25, -0.2) is 0 Å². The maximum absolute atomic E-state index is 13.1. The van der Waals surface area contributed by atoms with Gasteiger partial charge in [0.15, 0.2) is 0 Å². The van der Waals surface area contributed by atoms with Gasteiger partial charge in [-0.3, -0.25) is 9.59 Å². The van der Waals surface area contributed by atoms with Gasteiger partial charge < -0.3 is 4.74 Å². The summed E-state index contributed by atoms with van der Waals surface area (Å²) in [7, 11) is 0. The van der Waals surface area contributed by atoms with E-state index in [1.54, 1.807) is 6.21 Å². The smallest absolute Gasteiger partial charge is 0.254 e. The Bertz CT molecular complexity index is 1190. The van der Waals surface area contributed by atoms with Gasteiger partial charge in [-0.05, 0) is 85.7 Å². The summed E-state index contributed by atoms with van der Waals surface area (Å²) in [6.07, 6.45) is 7.02. The summed E-state index contributed by atoms with van der Waals surface area (Å²) in [6, 6.07) is 11.2. The van der Waals surface area contributed by atoms with Crippen molar-refractivity contribution in [2.24, 2.45) is 40.6 Å². The lowest BCUT2D eigenvalue weighted by Crippen LogP contribution is -2.40. The summed E-state index contributed by atoms with van der Waals surface area (Å²) in [5.41, 5.74) is 1.62. The van der Waals surface area contributed by atoms with Gasteiger partial charge in [0.05, 0.1) is 27.0 Å². The number of hydrazone groups is 1. The average Bonchev–Trinajstić information content (AvgIpc) is 3.57. The van der Waals surface area contributed by atoms with Gasteiger partial charge in [-0.1, -0.05) is 42.0 Å². The first-order chi connectivity index (χ1) is 15.9. The van der Waals surface area contributed by atoms with Gasteiger partial charge in [-0.2, -0.15) is 10.1 Å². The largest absolute Gasteiger partial charge is 0.486 e. The zero-order valence-electron chi connectivity index (χ0n) is 17.3. The number of hydrogen-bond acceptors (Lipinski definition) is 4. The number of benzene rings is 2. The van der Waals surface area contributed by atoms with Crippen molar-refractivity contribution in [3.05, 3.63) is 73.6 Å². The number of halogens is 3. The van der Waals surface area contributed by atoms with Crippen molar-refractivity contribution in [2.45, 2.75) is 13.0 Å². The van der Waals surface area contributed by atoms with Gasteiger partial charge >= 0.3 is 0 Å². The Morgan fingerprint density at radius 3 is 2.24 bits per heavy atom. The molecule has 2 saturated carbocycles. The van der Waals surface area contributed by atoms with Crippen molar-refractivity contribution in [2.75, 3.05) is 0 Å². The summed E-state index contributed by atoms with van der Waals surface area (Å²) >= 11 is 13.3. The molecule has 0 N–H and O–H groups in total. The zero-order valence-corrected chi connectivity index (χ0v) is 21.3. The fourth-order valence-corrected chi connectivity index (χ4v) is 7.38. The average molecular weight is 591 g/mol. The molecule has 2 aromatic carbocycles. The van der Waals surface area contributed by atoms with Crippen LogP contribution in [0.25, 0.3) is 0 Å². The first-order valence-electron chi connectivity index (χ1n) is 10.9. The normalized spacial score (nSPS) is 31.3. The van der Waals surface area contributed by atoms with E-state index in [9.17, 15) is 9.59 Å². The van der Waals surface area contributed by atoms with Crippen LogP contribution in [0.15, 0.2) is 62.6 Å². The molecule has 1 heterocycles. The van der Waals surface area contributed by atoms with Crippen molar-refractivity contribution in [1.82, 2.24) is 5.01 Å². The predicted octanol–water partition coefficient (Wildman–Crippen LogP) is 5.83. The molecule has 4 aliphatic carbocycles. The first kappa shape index (κ1) is 21.6. The third-order valence-electron chi connectivity index (χ3n) is 7.31. The van der Waals surface area contributed by atoms with E-state index < -0.39 is 0 Å². The number of imide groups is 1. The number of allylic oxidation sites excluding steroid dienone is 2. The maximum atomic E-state index is 13.1. The standard InChI is InChI=1S/C25H19Br2ClN2O3/c26-18-7-12(8-19(27)23(18)33-11-13-3-1-2-4-20(13)28)10-29-30-24(31)21-14-5-6-15(17-9-16(14)17)22(21)25(30)32/h1-8,10,14-17,21-22H,9,11H2/b29-10-/t14-,15-,16-,17+,21+,22+/m0/s1. The molecule has 1 saturated heterocycles. The highest BCUT2D eigenvalue weighted by molar-refractivity contribution is 9.11. The number of carbonyl (C=O) groups excluding carboxylic acids is 2. The lowest BCUT2D eigenvalue weighted by atomic mass is 9.63. The van der Waals surface area contributed by atoms with Gasteiger partial charge in [0.1, 0.15) is 12.4 Å². The Kier molecular flexibility index (Phi) is 5.27. The van der Waals surface area contributed by atoms with Crippen molar-refractivity contribution >= 4 is 61.5 Å². The highest BCUT2D eigenvalue weighted by atomic mass is 79.9. The van der Waals surface area contributed by atoms with E-state index in [0.29, 0.717) is 29.2 Å². The summed E-state index contributed by atoms with van der Waals surface area (Å²) in [4.78, 5) is 26.1. The third kappa shape index (κ3) is 3.51. The van der Waals surface area contributed by atoms with Gasteiger partial charge in [0.25, 0.3) is 11.8 Å². The quantitative estimate of drug-likeness (QED) is 0.250. The Hall–Kier alpha value is -1.96. The molecular formula is C25H19Br2ClN2O3. The zero-order chi connectivity index (χ0) is 22.9. The number of ether oxygens (including phenoxy) is 1. The molecule has 168 valence electrons. The lowest BCUT2D eigenvalue weighted by molar-refractivity contribution is -0.140. The molecule has 2 aromatic rings. The van der Waals surface area contributed by atoms with Crippen LogP contribution in [0.4, 0.5) is 0 Å². The first-order valence-corrected chi connectivity index (χ1v) is 12.9. The van der Waals surface area contributed by atoms with Gasteiger partial charge in [0, 0.05) is 10.6 Å². The molecule has 7 rings (SSSR count). The number of nitrogens with zero attached hydrogens (tertiary/aromatic N) is 2. The molecule has 0 aromatic heterocycles. The van der Waals surface area contributed by atoms with E-state index in [1.165, 1.54) is 0 Å². The highest BCUT2D eigenvalue weighted by Gasteiger charge is 2.67. The predicted molar refractivity (Wildman–Crippen MR) is 132 cm³/mol. The molecule has 3 fully saturated rings. The maximum Gasteiger partial charge on any atom is 0.254 e. The second-order valence-corrected chi connectivity index (χ2v) is 11.2. The lowest BCUT2D eigenvalue weighted by Gasteiger charge is -2.37. The molecule has 5 nitrogen and oxygen atoms in total. The van der Waals surface area contributed by atoms with Crippen LogP contribution >= 0.6 is 43.5 Å². The van der Waals surface area contributed by atoms with Crippen molar-refractivity contribution in [3.8, 4) is 5.75 Å². The van der Waals surface area contributed by atoms with E-state index in [-0.39, 0.29) is 35.5 Å². The molecule has 0 radical (unpaired) electrons. The monoisotopic (exact) mass is 588 g/mol. The molecule has 1 aliphatic heterocycles. The van der Waals surface area contributed by atoms with E-state index in [0.717, 1.165) is 31.5 Å². The molecule has 33 heavy (non-hydrogen) atoms. The number of carbonyl (C=O) groups is 2. The van der Waals surface area contributed by atoms with E-state index in [4.69, 9.17) is 16.3 Å². The Morgan fingerprint density at radius 2 is 1.64 bits per heavy atom. The van der Waals surface area contributed by atoms with E-state index in [2.05, 4.69) is 49.1 Å². The molecule has 8 heteroatoms. The van der Waals surface area contributed by atoms with Crippen LogP contribution in [0.1, 0.15) is 17.5 Å². The van der Waals surface area contributed by atoms with Crippen LogP contribution in [-0.2, 0) is 16.2 Å². The summed E-state index contributed by atoms with van der Waals surface area (Å²) in [5.74, 6) is 1.36. The third-order valence-corrected chi connectivity index (χ3v) is 8.86. The minimum atomic E-state index is -0.243. The summed E-state index contributed by atoms with van der Waals surface area (Å²) in [5, 5.41) is 6.06. The van der Waals surface area contributed by atoms with Gasteiger partial charge in [0.2, 0.25) is 0 Å². The van der Waals surface area contributed by atoms with Crippen LogP contribution in [0.5, 0.6) is 5.75 Å². The number of amides is 2. The topological polar surface area (TPSA) is 59.0 Å². The molecule has 0 spiro atoms. The second-order valence-electron chi connectivity index (χ2n) is 9.08. The fraction of sp³-hybridized carbons (Fsp3) is 0.320. The second kappa shape index (κ2) is 8.07. The molecular weight excluding hydrogens is 572 g/mol. The van der Waals surface area contributed by atoms with Crippen LogP contribution in [0.3, 0.4) is 0 Å². The van der Waals surface area contributed by atoms with E-state index >= 15 is 0 Å². The minimum absolute atomic E-state index is 0.163. The summed E-state index contributed by atoms with van der Waals surface area (Å²) in [6.45, 7) is 0.322. The van der Waals surface area contributed by atoms with E-state index in [1.807, 2.05) is 36.4 Å². The van der Waals surface area contributed by atoms with Crippen molar-refractivity contribution in [3.63, 3.8) is 0 Å². The molecule has 0 unspecified atom stereocenters. The molecule has 2 amide bonds. The van der Waals surface area contributed by atoms with Gasteiger partial charge in [-0.15, -0.1) is 0 Å². The molecule has 6 atom stereocenters. The van der Waals surface area contributed by atoms with Crippen molar-refractivity contribution < 1.29 is 14.3 Å². The Balaban J connectivity index is 1.19. The van der Waals surface area contributed by atoms with Crippen LogP contribution in [0.2, 0.25) is 5.02 Å².